The van der Waals surface area contributed by atoms with Crippen LogP contribution in [0.3, 0.4) is 0 Å². The number of carbonyl (C=O) groups is 1. The number of nitrogens with one attached hydrogen (secondary N) is 1. The molecule has 6 heteroatoms. The first-order chi connectivity index (χ1) is 8.02. The van der Waals surface area contributed by atoms with Gasteiger partial charge in [0.05, 0.1) is 19.5 Å². The van der Waals surface area contributed by atoms with E-state index in [2.05, 4.69) is 24.9 Å². The number of hydrogen-bond donors (Lipinski definition) is 1. The fourth-order valence-electron chi connectivity index (χ4n) is 1.48. The SMILES string of the molecule is COC(=O)c1cncc(NC(C)CN(C)C)n1. The Morgan fingerprint density at radius 3 is 2.82 bits per heavy atom. The molecule has 1 aromatic heterocycles. The van der Waals surface area contributed by atoms with Crippen molar-refractivity contribution in [3.8, 4) is 0 Å². The molecule has 1 rings (SSSR count). The molecule has 0 aromatic carbocycles. The monoisotopic (exact) mass is 238 g/mol. The number of likely N-dealkylation sites (N-methyl/N-ethyl adjacent to an activating group) is 1. The number of hydrogen-bond acceptors (Lipinski definition) is 6. The smallest absolute Gasteiger partial charge is 0.358 e. The average molecular weight is 238 g/mol. The fraction of sp³-hybridized carbons (Fsp3) is 0.545. The largest absolute Gasteiger partial charge is 0.464 e. The van der Waals surface area contributed by atoms with Gasteiger partial charge in [0.15, 0.2) is 5.69 Å². The van der Waals surface area contributed by atoms with E-state index in [1.807, 2.05) is 21.0 Å². The lowest BCUT2D eigenvalue weighted by Gasteiger charge is -2.18. The van der Waals surface area contributed by atoms with Gasteiger partial charge in [0.25, 0.3) is 0 Å². The van der Waals surface area contributed by atoms with Crippen molar-refractivity contribution in [3.05, 3.63) is 18.1 Å². The van der Waals surface area contributed by atoms with E-state index in [0.717, 1.165) is 6.54 Å². The summed E-state index contributed by atoms with van der Waals surface area (Å²) in [5.74, 6) is 0.0867. The van der Waals surface area contributed by atoms with E-state index < -0.39 is 5.97 Å². The minimum absolute atomic E-state index is 0.203. The molecular formula is C11H18N4O2. The van der Waals surface area contributed by atoms with Crippen molar-refractivity contribution in [1.29, 1.82) is 0 Å². The second-order valence-electron chi connectivity index (χ2n) is 4.09. The molecule has 0 aliphatic rings. The Kier molecular flexibility index (Phi) is 4.84. The van der Waals surface area contributed by atoms with E-state index in [0.29, 0.717) is 5.82 Å². The lowest BCUT2D eigenvalue weighted by atomic mass is 10.3. The highest BCUT2D eigenvalue weighted by molar-refractivity contribution is 5.87. The number of carbonyl (C=O) groups excluding carboxylic acids is 1. The molecule has 0 amide bonds. The molecular weight excluding hydrogens is 220 g/mol. The molecule has 0 aliphatic heterocycles. The highest BCUT2D eigenvalue weighted by Gasteiger charge is 2.10. The van der Waals surface area contributed by atoms with Crippen LogP contribution in [0.25, 0.3) is 0 Å². The summed E-state index contributed by atoms with van der Waals surface area (Å²) in [5, 5.41) is 3.17. The molecule has 94 valence electrons. The Morgan fingerprint density at radius 2 is 2.24 bits per heavy atom. The Bertz CT molecular complexity index is 381. The van der Waals surface area contributed by atoms with E-state index in [1.54, 1.807) is 6.20 Å². The van der Waals surface area contributed by atoms with Gasteiger partial charge in [0, 0.05) is 12.6 Å². The van der Waals surface area contributed by atoms with E-state index >= 15 is 0 Å². The van der Waals surface area contributed by atoms with Crippen LogP contribution in [0, 0.1) is 0 Å². The van der Waals surface area contributed by atoms with Crippen LogP contribution in [0.4, 0.5) is 5.82 Å². The van der Waals surface area contributed by atoms with Gasteiger partial charge in [-0.3, -0.25) is 4.98 Å². The number of esters is 1. The molecule has 0 saturated heterocycles. The van der Waals surface area contributed by atoms with Crippen LogP contribution in [0.2, 0.25) is 0 Å². The van der Waals surface area contributed by atoms with Crippen LogP contribution in [-0.2, 0) is 4.74 Å². The number of ether oxygens (including phenoxy) is 1. The third-order valence-corrected chi connectivity index (χ3v) is 2.06. The third kappa shape index (κ3) is 4.36. The molecule has 0 aliphatic carbocycles. The van der Waals surface area contributed by atoms with E-state index in [-0.39, 0.29) is 11.7 Å². The zero-order chi connectivity index (χ0) is 12.8. The number of methoxy groups -OCH3 is 1. The van der Waals surface area contributed by atoms with Gasteiger partial charge < -0.3 is 15.0 Å². The minimum Gasteiger partial charge on any atom is -0.464 e. The minimum atomic E-state index is -0.485. The number of rotatable bonds is 5. The molecule has 1 aromatic rings. The van der Waals surface area contributed by atoms with Crippen molar-refractivity contribution in [2.24, 2.45) is 0 Å². The molecule has 0 fully saturated rings. The van der Waals surface area contributed by atoms with E-state index in [1.165, 1.54) is 13.3 Å². The lowest BCUT2D eigenvalue weighted by molar-refractivity contribution is 0.0593. The third-order valence-electron chi connectivity index (χ3n) is 2.06. The molecule has 1 atom stereocenters. The summed E-state index contributed by atoms with van der Waals surface area (Å²) in [7, 11) is 5.31. The summed E-state index contributed by atoms with van der Waals surface area (Å²) in [5.41, 5.74) is 0.203. The van der Waals surface area contributed by atoms with Crippen molar-refractivity contribution in [3.63, 3.8) is 0 Å². The summed E-state index contributed by atoms with van der Waals surface area (Å²) < 4.78 is 4.58. The van der Waals surface area contributed by atoms with Crippen LogP contribution in [-0.4, -0.2) is 54.6 Å². The van der Waals surface area contributed by atoms with Gasteiger partial charge >= 0.3 is 5.97 Å². The van der Waals surface area contributed by atoms with Gasteiger partial charge in [0.1, 0.15) is 5.82 Å². The Hall–Kier alpha value is -1.69. The lowest BCUT2D eigenvalue weighted by Crippen LogP contribution is -2.30. The Balaban J connectivity index is 2.68. The maximum absolute atomic E-state index is 11.3. The quantitative estimate of drug-likeness (QED) is 0.759. The van der Waals surface area contributed by atoms with E-state index in [4.69, 9.17) is 0 Å². The summed E-state index contributed by atoms with van der Waals surface area (Å²) in [4.78, 5) is 21.4. The van der Waals surface area contributed by atoms with E-state index in [9.17, 15) is 4.79 Å². The van der Waals surface area contributed by atoms with Crippen LogP contribution < -0.4 is 5.32 Å². The highest BCUT2D eigenvalue weighted by atomic mass is 16.5. The summed E-state index contributed by atoms with van der Waals surface area (Å²) in [6, 6.07) is 0.215. The van der Waals surface area contributed by atoms with Crippen LogP contribution >= 0.6 is 0 Å². The Morgan fingerprint density at radius 1 is 1.53 bits per heavy atom. The number of anilines is 1. The van der Waals surface area contributed by atoms with Gasteiger partial charge in [-0.15, -0.1) is 0 Å². The molecule has 0 spiro atoms. The maximum Gasteiger partial charge on any atom is 0.358 e. The molecule has 17 heavy (non-hydrogen) atoms. The standard InChI is InChI=1S/C11H18N4O2/c1-8(7-15(2)3)13-10-6-12-5-9(14-10)11(16)17-4/h5-6,8H,7H2,1-4H3,(H,13,14). The molecule has 1 unspecified atom stereocenters. The van der Waals surface area contributed by atoms with Crippen molar-refractivity contribution < 1.29 is 9.53 Å². The predicted octanol–water partition coefficient (Wildman–Crippen LogP) is 0.625. The maximum atomic E-state index is 11.3. The van der Waals surface area contributed by atoms with Gasteiger partial charge in [-0.1, -0.05) is 0 Å². The molecule has 6 nitrogen and oxygen atoms in total. The van der Waals surface area contributed by atoms with Crippen molar-refractivity contribution >= 4 is 11.8 Å². The van der Waals surface area contributed by atoms with Crippen molar-refractivity contribution in [2.45, 2.75) is 13.0 Å². The molecule has 1 N–H and O–H groups in total. The van der Waals surface area contributed by atoms with Crippen LogP contribution in [0.5, 0.6) is 0 Å². The van der Waals surface area contributed by atoms with Crippen LogP contribution in [0.1, 0.15) is 17.4 Å². The fourth-order valence-corrected chi connectivity index (χ4v) is 1.48. The average Bonchev–Trinajstić information content (AvgIpc) is 2.27. The highest BCUT2D eigenvalue weighted by Crippen LogP contribution is 2.05. The topological polar surface area (TPSA) is 67.3 Å². The summed E-state index contributed by atoms with van der Waals surface area (Å²) >= 11 is 0. The molecule has 0 bridgehead atoms. The second-order valence-corrected chi connectivity index (χ2v) is 4.09. The number of aromatic nitrogens is 2. The van der Waals surface area contributed by atoms with Crippen LogP contribution in [0.15, 0.2) is 12.4 Å². The first kappa shape index (κ1) is 13.4. The zero-order valence-corrected chi connectivity index (χ0v) is 10.6. The Labute approximate surface area is 101 Å². The van der Waals surface area contributed by atoms with Gasteiger partial charge in [-0.05, 0) is 21.0 Å². The van der Waals surface area contributed by atoms with Gasteiger partial charge in [-0.2, -0.15) is 0 Å². The molecule has 0 radical (unpaired) electrons. The van der Waals surface area contributed by atoms with Gasteiger partial charge in [-0.25, -0.2) is 9.78 Å². The zero-order valence-electron chi connectivity index (χ0n) is 10.6. The molecule has 1 heterocycles. The van der Waals surface area contributed by atoms with Crippen molar-refractivity contribution in [1.82, 2.24) is 14.9 Å². The summed E-state index contributed by atoms with van der Waals surface area (Å²) in [6.07, 6.45) is 2.96. The predicted molar refractivity (Wildman–Crippen MR) is 65.0 cm³/mol. The second kappa shape index (κ2) is 6.15. The molecule has 0 saturated carbocycles. The first-order valence-electron chi connectivity index (χ1n) is 5.34. The number of nitrogens with zero attached hydrogens (tertiary/aromatic N) is 3. The van der Waals surface area contributed by atoms with Crippen molar-refractivity contribution in [2.75, 3.05) is 33.1 Å². The first-order valence-corrected chi connectivity index (χ1v) is 5.34. The van der Waals surface area contributed by atoms with Gasteiger partial charge in [0.2, 0.25) is 0 Å². The summed E-state index contributed by atoms with van der Waals surface area (Å²) in [6.45, 7) is 2.90. The normalized spacial score (nSPS) is 12.3.